The van der Waals surface area contributed by atoms with Crippen LogP contribution in [0.1, 0.15) is 30.5 Å². The fraction of sp³-hybridized carbons (Fsp3) is 0.238. The normalized spacial score (nSPS) is 15.0. The third-order valence-electron chi connectivity index (χ3n) is 3.76. The minimum Gasteiger partial charge on any atom is -0.490 e. The predicted octanol–water partition coefficient (Wildman–Crippen LogP) is 4.14. The average Bonchev–Trinajstić information content (AvgIpc) is 2.97. The van der Waals surface area contributed by atoms with Crippen molar-refractivity contribution in [1.29, 1.82) is 0 Å². The monoisotopic (exact) mass is 351 g/mol. The van der Waals surface area contributed by atoms with E-state index in [4.69, 9.17) is 14.2 Å². The molecule has 1 aliphatic heterocycles. The molecule has 0 aromatic heterocycles. The van der Waals surface area contributed by atoms with Gasteiger partial charge in [-0.3, -0.25) is 0 Å². The number of aryl methyl sites for hydroxylation is 1. The molecule has 2 aromatic rings. The van der Waals surface area contributed by atoms with Crippen molar-refractivity contribution in [3.63, 3.8) is 0 Å². The van der Waals surface area contributed by atoms with Gasteiger partial charge in [0, 0.05) is 5.56 Å². The lowest BCUT2D eigenvalue weighted by molar-refractivity contribution is -0.129. The fourth-order valence-corrected chi connectivity index (χ4v) is 2.63. The van der Waals surface area contributed by atoms with E-state index in [2.05, 4.69) is 4.99 Å². The molecule has 0 saturated carbocycles. The SMILES string of the molecule is CCOc1ccc(C2=N/C(=C\c3cccc(C)c3)C(=O)O2)cc1OCC. The number of hydrogen-bond donors (Lipinski definition) is 0. The number of benzene rings is 2. The first kappa shape index (κ1) is 17.7. The Morgan fingerprint density at radius 3 is 2.54 bits per heavy atom. The molecule has 3 rings (SSSR count). The molecule has 0 fully saturated rings. The topological polar surface area (TPSA) is 57.1 Å². The summed E-state index contributed by atoms with van der Waals surface area (Å²) < 4.78 is 16.5. The highest BCUT2D eigenvalue weighted by molar-refractivity contribution is 6.13. The molecule has 0 spiro atoms. The first-order valence-electron chi connectivity index (χ1n) is 8.60. The van der Waals surface area contributed by atoms with Crippen LogP contribution in [0.25, 0.3) is 6.08 Å². The van der Waals surface area contributed by atoms with E-state index in [-0.39, 0.29) is 11.6 Å². The lowest BCUT2D eigenvalue weighted by Crippen LogP contribution is -2.06. The maximum Gasteiger partial charge on any atom is 0.363 e. The number of hydrogen-bond acceptors (Lipinski definition) is 5. The summed E-state index contributed by atoms with van der Waals surface area (Å²) in [5.41, 5.74) is 2.96. The minimum atomic E-state index is -0.464. The van der Waals surface area contributed by atoms with Crippen molar-refractivity contribution < 1.29 is 19.0 Å². The van der Waals surface area contributed by atoms with Crippen LogP contribution in [0.4, 0.5) is 0 Å². The molecule has 0 bridgehead atoms. The summed E-state index contributed by atoms with van der Waals surface area (Å²) >= 11 is 0. The van der Waals surface area contributed by atoms with Crippen molar-refractivity contribution in [2.75, 3.05) is 13.2 Å². The maximum atomic E-state index is 12.2. The second-order valence-corrected chi connectivity index (χ2v) is 5.78. The maximum absolute atomic E-state index is 12.2. The van der Waals surface area contributed by atoms with Crippen molar-refractivity contribution in [3.8, 4) is 11.5 Å². The van der Waals surface area contributed by atoms with Gasteiger partial charge < -0.3 is 14.2 Å². The van der Waals surface area contributed by atoms with Crippen LogP contribution >= 0.6 is 0 Å². The summed E-state index contributed by atoms with van der Waals surface area (Å²) in [6, 6.07) is 13.2. The number of nitrogens with zero attached hydrogens (tertiary/aromatic N) is 1. The lowest BCUT2D eigenvalue weighted by Gasteiger charge is -2.11. The third kappa shape index (κ3) is 3.94. The summed E-state index contributed by atoms with van der Waals surface area (Å²) in [7, 11) is 0. The van der Waals surface area contributed by atoms with Crippen LogP contribution in [0.2, 0.25) is 0 Å². The molecule has 1 aliphatic rings. The van der Waals surface area contributed by atoms with E-state index in [9.17, 15) is 4.79 Å². The Bertz CT molecular complexity index is 883. The molecule has 0 saturated heterocycles. The summed E-state index contributed by atoms with van der Waals surface area (Å²) in [4.78, 5) is 16.5. The second kappa shape index (κ2) is 7.87. The number of rotatable bonds is 6. The van der Waals surface area contributed by atoms with E-state index < -0.39 is 5.97 Å². The molecule has 26 heavy (non-hydrogen) atoms. The molecule has 0 radical (unpaired) electrons. The van der Waals surface area contributed by atoms with Gasteiger partial charge in [-0.1, -0.05) is 29.8 Å². The molecule has 2 aromatic carbocycles. The first-order chi connectivity index (χ1) is 12.6. The first-order valence-corrected chi connectivity index (χ1v) is 8.60. The Balaban J connectivity index is 1.92. The summed E-state index contributed by atoms with van der Waals surface area (Å²) in [6.45, 7) is 6.86. The predicted molar refractivity (Wildman–Crippen MR) is 101 cm³/mol. The zero-order valence-electron chi connectivity index (χ0n) is 15.1. The number of ether oxygens (including phenoxy) is 3. The van der Waals surface area contributed by atoms with E-state index in [0.717, 1.165) is 11.1 Å². The zero-order valence-corrected chi connectivity index (χ0v) is 15.1. The van der Waals surface area contributed by atoms with Crippen LogP contribution in [0.15, 0.2) is 53.2 Å². The van der Waals surface area contributed by atoms with Gasteiger partial charge in [0.2, 0.25) is 5.90 Å². The van der Waals surface area contributed by atoms with Gasteiger partial charge >= 0.3 is 5.97 Å². The largest absolute Gasteiger partial charge is 0.490 e. The highest BCUT2D eigenvalue weighted by Gasteiger charge is 2.25. The van der Waals surface area contributed by atoms with Gasteiger partial charge in [-0.15, -0.1) is 0 Å². The standard InChI is InChI=1S/C21H21NO4/c1-4-24-18-10-9-16(13-19(18)25-5-2)20-22-17(21(23)26-20)12-15-8-6-7-14(3)11-15/h6-13H,4-5H2,1-3H3/b17-12-. The van der Waals surface area contributed by atoms with E-state index in [0.29, 0.717) is 30.3 Å². The van der Waals surface area contributed by atoms with Crippen molar-refractivity contribution in [1.82, 2.24) is 0 Å². The van der Waals surface area contributed by atoms with Gasteiger partial charge in [0.1, 0.15) is 0 Å². The highest BCUT2D eigenvalue weighted by atomic mass is 16.6. The Morgan fingerprint density at radius 2 is 1.81 bits per heavy atom. The zero-order chi connectivity index (χ0) is 18.5. The van der Waals surface area contributed by atoms with Crippen LogP contribution in [0, 0.1) is 6.92 Å². The van der Waals surface area contributed by atoms with Gasteiger partial charge in [0.15, 0.2) is 17.2 Å². The Labute approximate surface area is 152 Å². The fourth-order valence-electron chi connectivity index (χ4n) is 2.63. The minimum absolute atomic E-state index is 0.262. The summed E-state index contributed by atoms with van der Waals surface area (Å²) in [5.74, 6) is 1.05. The molecule has 5 nitrogen and oxygen atoms in total. The van der Waals surface area contributed by atoms with Crippen LogP contribution in [0.3, 0.4) is 0 Å². The smallest absolute Gasteiger partial charge is 0.363 e. The van der Waals surface area contributed by atoms with Crippen molar-refractivity contribution in [2.45, 2.75) is 20.8 Å². The van der Waals surface area contributed by atoms with Crippen molar-refractivity contribution in [3.05, 3.63) is 64.9 Å². The Morgan fingerprint density at radius 1 is 1.04 bits per heavy atom. The van der Waals surface area contributed by atoms with Crippen LogP contribution in [-0.4, -0.2) is 25.1 Å². The second-order valence-electron chi connectivity index (χ2n) is 5.78. The quantitative estimate of drug-likeness (QED) is 0.580. The molecule has 5 heteroatoms. The molecule has 1 heterocycles. The molecule has 0 amide bonds. The Hall–Kier alpha value is -3.08. The van der Waals surface area contributed by atoms with E-state index in [1.54, 1.807) is 24.3 Å². The van der Waals surface area contributed by atoms with E-state index >= 15 is 0 Å². The lowest BCUT2D eigenvalue weighted by atomic mass is 10.1. The molecule has 134 valence electrons. The van der Waals surface area contributed by atoms with Gasteiger partial charge in [-0.25, -0.2) is 9.79 Å². The molecular formula is C21H21NO4. The molecule has 0 unspecified atom stereocenters. The van der Waals surface area contributed by atoms with Gasteiger partial charge in [0.05, 0.1) is 13.2 Å². The molecule has 0 atom stereocenters. The van der Waals surface area contributed by atoms with Gasteiger partial charge in [-0.2, -0.15) is 0 Å². The van der Waals surface area contributed by atoms with Crippen LogP contribution < -0.4 is 9.47 Å². The van der Waals surface area contributed by atoms with Crippen molar-refractivity contribution >= 4 is 17.9 Å². The van der Waals surface area contributed by atoms with E-state index in [1.165, 1.54) is 0 Å². The number of carbonyl (C=O) groups excluding carboxylic acids is 1. The van der Waals surface area contributed by atoms with Gasteiger partial charge in [0.25, 0.3) is 0 Å². The van der Waals surface area contributed by atoms with Gasteiger partial charge in [-0.05, 0) is 50.6 Å². The highest BCUT2D eigenvalue weighted by Crippen LogP contribution is 2.30. The molecular weight excluding hydrogens is 330 g/mol. The molecule has 0 aliphatic carbocycles. The summed E-state index contributed by atoms with van der Waals surface area (Å²) in [6.07, 6.45) is 1.72. The number of cyclic esters (lactones) is 1. The summed E-state index contributed by atoms with van der Waals surface area (Å²) in [5, 5.41) is 0. The molecule has 0 N–H and O–H groups in total. The number of aliphatic imine (C=N–C) groups is 1. The van der Waals surface area contributed by atoms with Crippen LogP contribution in [0.5, 0.6) is 11.5 Å². The number of carbonyl (C=O) groups is 1. The van der Waals surface area contributed by atoms with E-state index in [1.807, 2.05) is 45.0 Å². The van der Waals surface area contributed by atoms with Crippen LogP contribution in [-0.2, 0) is 9.53 Å². The Kier molecular flexibility index (Phi) is 5.37. The van der Waals surface area contributed by atoms with Crippen molar-refractivity contribution in [2.24, 2.45) is 4.99 Å². The average molecular weight is 351 g/mol. The third-order valence-corrected chi connectivity index (χ3v) is 3.76. The number of esters is 1.